The fourth-order valence-corrected chi connectivity index (χ4v) is 3.62. The quantitative estimate of drug-likeness (QED) is 0.671. The van der Waals surface area contributed by atoms with Gasteiger partial charge in [-0.2, -0.15) is 0 Å². The number of benzene rings is 2. The van der Waals surface area contributed by atoms with Gasteiger partial charge in [-0.1, -0.05) is 23.7 Å². The number of carbonyl (C=O) groups is 1. The molecule has 0 aliphatic carbocycles. The number of rotatable bonds is 4. The second-order valence-corrected chi connectivity index (χ2v) is 7.02. The van der Waals surface area contributed by atoms with Gasteiger partial charge in [0.1, 0.15) is 0 Å². The highest BCUT2D eigenvalue weighted by Crippen LogP contribution is 2.31. The lowest BCUT2D eigenvalue weighted by atomic mass is 10.1. The third-order valence-corrected chi connectivity index (χ3v) is 5.07. The van der Waals surface area contributed by atoms with Gasteiger partial charge in [-0.15, -0.1) is 0 Å². The van der Waals surface area contributed by atoms with Crippen molar-refractivity contribution in [1.82, 2.24) is 4.98 Å². The van der Waals surface area contributed by atoms with Crippen LogP contribution in [0.25, 0.3) is 11.3 Å². The van der Waals surface area contributed by atoms with Crippen molar-refractivity contribution in [2.24, 2.45) is 0 Å². The minimum Gasteiger partial charge on any atom is -0.444 e. The molecule has 5 nitrogen and oxygen atoms in total. The monoisotopic (exact) mass is 381 g/mol. The molecule has 6 heteroatoms. The number of hydrogen-bond donors (Lipinski definition) is 1. The predicted octanol–water partition coefficient (Wildman–Crippen LogP) is 5.24. The predicted molar refractivity (Wildman–Crippen MR) is 107 cm³/mol. The summed E-state index contributed by atoms with van der Waals surface area (Å²) in [5.41, 5.74) is 3.16. The van der Waals surface area contributed by atoms with Crippen molar-refractivity contribution in [1.29, 1.82) is 0 Å². The highest BCUT2D eigenvalue weighted by Gasteiger charge is 2.15. The smallest absolute Gasteiger partial charge is 0.255 e. The Balaban J connectivity index is 1.45. The van der Waals surface area contributed by atoms with E-state index in [1.54, 1.807) is 18.3 Å². The van der Waals surface area contributed by atoms with Crippen LogP contribution in [0.15, 0.2) is 59.5 Å². The molecule has 2 heterocycles. The van der Waals surface area contributed by atoms with E-state index < -0.39 is 0 Å². The van der Waals surface area contributed by atoms with E-state index in [-0.39, 0.29) is 5.91 Å². The summed E-state index contributed by atoms with van der Waals surface area (Å²) in [7, 11) is 0. The van der Waals surface area contributed by atoms with Gasteiger partial charge in [0, 0.05) is 29.9 Å². The first kappa shape index (κ1) is 17.6. The maximum atomic E-state index is 12.5. The molecule has 3 aromatic rings. The molecule has 0 radical (unpaired) electrons. The van der Waals surface area contributed by atoms with Crippen LogP contribution < -0.4 is 10.2 Å². The first-order chi connectivity index (χ1) is 13.2. The molecule has 1 N–H and O–H groups in total. The molecule has 27 heavy (non-hydrogen) atoms. The summed E-state index contributed by atoms with van der Waals surface area (Å²) in [4.78, 5) is 18.7. The van der Waals surface area contributed by atoms with Gasteiger partial charge < -0.3 is 14.6 Å². The zero-order chi connectivity index (χ0) is 18.6. The van der Waals surface area contributed by atoms with E-state index in [4.69, 9.17) is 16.0 Å². The number of nitrogens with one attached hydrogen (secondary N) is 1. The van der Waals surface area contributed by atoms with Crippen LogP contribution in [-0.4, -0.2) is 24.0 Å². The fourth-order valence-electron chi connectivity index (χ4n) is 3.32. The number of aromatic nitrogens is 1. The minimum absolute atomic E-state index is 0.180. The molecular formula is C21H20ClN3O2. The molecule has 2 aromatic carbocycles. The number of amides is 1. The Hall–Kier alpha value is -2.79. The van der Waals surface area contributed by atoms with E-state index in [0.717, 1.165) is 24.3 Å². The molecule has 0 spiro atoms. The first-order valence-corrected chi connectivity index (χ1v) is 9.43. The molecule has 0 saturated carbocycles. The summed E-state index contributed by atoms with van der Waals surface area (Å²) in [6.45, 7) is 2.06. The standard InChI is InChI=1S/C21H20ClN3O2/c22-18-12-17(8-9-19(18)25-10-2-1-3-11-25)24-21(26)16-6-4-15(5-7-16)20-13-23-14-27-20/h4-9,12-14H,1-3,10-11H2,(H,24,26). The van der Waals surface area contributed by atoms with Gasteiger partial charge in [-0.3, -0.25) is 4.79 Å². The molecular weight excluding hydrogens is 362 g/mol. The molecule has 1 aliphatic rings. The Bertz CT molecular complexity index is 917. The number of hydrogen-bond acceptors (Lipinski definition) is 4. The normalized spacial score (nSPS) is 14.2. The number of oxazole rings is 1. The lowest BCUT2D eigenvalue weighted by molar-refractivity contribution is 0.102. The van der Waals surface area contributed by atoms with E-state index in [0.29, 0.717) is 22.0 Å². The maximum Gasteiger partial charge on any atom is 0.255 e. The van der Waals surface area contributed by atoms with Crippen LogP contribution in [0.2, 0.25) is 5.02 Å². The lowest BCUT2D eigenvalue weighted by Crippen LogP contribution is -2.29. The van der Waals surface area contributed by atoms with Crippen molar-refractivity contribution in [2.75, 3.05) is 23.3 Å². The Morgan fingerprint density at radius 2 is 1.85 bits per heavy atom. The Labute approximate surface area is 163 Å². The van der Waals surface area contributed by atoms with Crippen LogP contribution in [0.3, 0.4) is 0 Å². The SMILES string of the molecule is O=C(Nc1ccc(N2CCCCC2)c(Cl)c1)c1ccc(-c2cnco2)cc1. The van der Waals surface area contributed by atoms with Gasteiger partial charge >= 0.3 is 0 Å². The number of halogens is 1. The molecule has 4 rings (SSSR count). The topological polar surface area (TPSA) is 58.4 Å². The van der Waals surface area contributed by atoms with Crippen LogP contribution in [0, 0.1) is 0 Å². The van der Waals surface area contributed by atoms with Crippen molar-refractivity contribution in [3.8, 4) is 11.3 Å². The summed E-state index contributed by atoms with van der Waals surface area (Å²) in [5.74, 6) is 0.489. The molecule has 1 aliphatic heterocycles. The minimum atomic E-state index is -0.180. The Morgan fingerprint density at radius 1 is 1.07 bits per heavy atom. The van der Waals surface area contributed by atoms with Crippen LogP contribution in [0.5, 0.6) is 0 Å². The molecule has 0 atom stereocenters. The second-order valence-electron chi connectivity index (χ2n) is 6.61. The van der Waals surface area contributed by atoms with E-state index in [1.807, 2.05) is 30.3 Å². The average molecular weight is 382 g/mol. The molecule has 0 unspecified atom stereocenters. The van der Waals surface area contributed by atoms with Gasteiger partial charge in [0.15, 0.2) is 12.2 Å². The highest BCUT2D eigenvalue weighted by atomic mass is 35.5. The van der Waals surface area contributed by atoms with Gasteiger partial charge in [0.25, 0.3) is 5.91 Å². The zero-order valence-corrected chi connectivity index (χ0v) is 15.6. The summed E-state index contributed by atoms with van der Waals surface area (Å²) >= 11 is 6.46. The Kier molecular flexibility index (Phi) is 5.12. The maximum absolute atomic E-state index is 12.5. The summed E-state index contributed by atoms with van der Waals surface area (Å²) < 4.78 is 5.26. The molecule has 1 amide bonds. The highest BCUT2D eigenvalue weighted by molar-refractivity contribution is 6.33. The first-order valence-electron chi connectivity index (χ1n) is 9.05. The number of anilines is 2. The van der Waals surface area contributed by atoms with Crippen molar-refractivity contribution < 1.29 is 9.21 Å². The average Bonchev–Trinajstić information content (AvgIpc) is 3.24. The van der Waals surface area contributed by atoms with Crippen LogP contribution in [0.4, 0.5) is 11.4 Å². The fraction of sp³-hybridized carbons (Fsp3) is 0.238. The lowest BCUT2D eigenvalue weighted by Gasteiger charge is -2.29. The van der Waals surface area contributed by atoms with Crippen LogP contribution in [-0.2, 0) is 0 Å². The van der Waals surface area contributed by atoms with E-state index in [1.165, 1.54) is 25.7 Å². The summed E-state index contributed by atoms with van der Waals surface area (Å²) in [6, 6.07) is 12.9. The van der Waals surface area contributed by atoms with Gasteiger partial charge in [0.05, 0.1) is 16.9 Å². The molecule has 1 fully saturated rings. The molecule has 1 saturated heterocycles. The molecule has 0 bridgehead atoms. The summed E-state index contributed by atoms with van der Waals surface area (Å²) in [6.07, 6.45) is 6.68. The van der Waals surface area contributed by atoms with Gasteiger partial charge in [0.2, 0.25) is 0 Å². The largest absolute Gasteiger partial charge is 0.444 e. The van der Waals surface area contributed by atoms with Crippen molar-refractivity contribution >= 4 is 28.9 Å². The third kappa shape index (κ3) is 3.98. The van der Waals surface area contributed by atoms with E-state index in [2.05, 4.69) is 15.2 Å². The van der Waals surface area contributed by atoms with Gasteiger partial charge in [-0.05, 0) is 49.6 Å². The van der Waals surface area contributed by atoms with E-state index in [9.17, 15) is 4.79 Å². The van der Waals surface area contributed by atoms with Crippen LogP contribution >= 0.6 is 11.6 Å². The number of nitrogens with zero attached hydrogens (tertiary/aromatic N) is 2. The number of piperidine rings is 1. The zero-order valence-electron chi connectivity index (χ0n) is 14.8. The van der Waals surface area contributed by atoms with Crippen molar-refractivity contribution in [3.05, 3.63) is 65.6 Å². The Morgan fingerprint density at radius 3 is 2.52 bits per heavy atom. The van der Waals surface area contributed by atoms with Crippen molar-refractivity contribution in [3.63, 3.8) is 0 Å². The second kappa shape index (κ2) is 7.84. The van der Waals surface area contributed by atoms with Crippen LogP contribution in [0.1, 0.15) is 29.6 Å². The van der Waals surface area contributed by atoms with Gasteiger partial charge in [-0.25, -0.2) is 4.98 Å². The summed E-state index contributed by atoms with van der Waals surface area (Å²) in [5, 5.41) is 3.57. The number of carbonyl (C=O) groups excluding carboxylic acids is 1. The third-order valence-electron chi connectivity index (χ3n) is 4.77. The molecule has 138 valence electrons. The van der Waals surface area contributed by atoms with E-state index >= 15 is 0 Å². The molecule has 1 aromatic heterocycles. The van der Waals surface area contributed by atoms with Crippen molar-refractivity contribution in [2.45, 2.75) is 19.3 Å².